The van der Waals surface area contributed by atoms with Crippen molar-refractivity contribution < 1.29 is 19.7 Å². The van der Waals surface area contributed by atoms with Crippen LogP contribution in [0.25, 0.3) is 0 Å². The van der Waals surface area contributed by atoms with Crippen molar-refractivity contribution in [3.63, 3.8) is 0 Å². The van der Waals surface area contributed by atoms with Crippen LogP contribution in [0.15, 0.2) is 36.4 Å². The van der Waals surface area contributed by atoms with Gasteiger partial charge in [0.05, 0.1) is 5.56 Å². The third-order valence-electron chi connectivity index (χ3n) is 3.20. The predicted octanol–water partition coefficient (Wildman–Crippen LogP) is 3.92. The van der Waals surface area contributed by atoms with Crippen molar-refractivity contribution in [3.05, 3.63) is 51.1 Å². The SMILES string of the molecule is CCCc1cc(C(=O)COc2ccc(I)cc2)c(O)cc1O. The van der Waals surface area contributed by atoms with Crippen molar-refractivity contribution in [3.8, 4) is 17.2 Å². The number of hydrogen-bond donors (Lipinski definition) is 2. The first-order valence-electron chi connectivity index (χ1n) is 6.97. The number of carbonyl (C=O) groups is 1. The van der Waals surface area contributed by atoms with Gasteiger partial charge in [-0.25, -0.2) is 0 Å². The zero-order chi connectivity index (χ0) is 16.1. The summed E-state index contributed by atoms with van der Waals surface area (Å²) < 4.78 is 6.52. The van der Waals surface area contributed by atoms with Gasteiger partial charge >= 0.3 is 0 Å². The fourth-order valence-corrected chi connectivity index (χ4v) is 2.43. The van der Waals surface area contributed by atoms with E-state index in [4.69, 9.17) is 4.74 Å². The molecule has 0 aliphatic heterocycles. The van der Waals surface area contributed by atoms with Gasteiger partial charge in [0.15, 0.2) is 6.61 Å². The largest absolute Gasteiger partial charge is 0.508 e. The lowest BCUT2D eigenvalue weighted by Crippen LogP contribution is -2.12. The van der Waals surface area contributed by atoms with E-state index in [1.54, 1.807) is 12.1 Å². The van der Waals surface area contributed by atoms with Crippen LogP contribution in [0.3, 0.4) is 0 Å². The highest BCUT2D eigenvalue weighted by Gasteiger charge is 2.15. The van der Waals surface area contributed by atoms with Crippen molar-refractivity contribution in [2.75, 3.05) is 6.61 Å². The average molecular weight is 412 g/mol. The number of benzene rings is 2. The molecule has 4 nitrogen and oxygen atoms in total. The molecule has 0 fully saturated rings. The van der Waals surface area contributed by atoms with Crippen LogP contribution in [0.4, 0.5) is 0 Å². The Balaban J connectivity index is 2.11. The molecule has 2 aromatic carbocycles. The molecule has 2 rings (SSSR count). The van der Waals surface area contributed by atoms with Gasteiger partial charge < -0.3 is 14.9 Å². The minimum atomic E-state index is -0.326. The quantitative estimate of drug-likeness (QED) is 0.558. The van der Waals surface area contributed by atoms with Gasteiger partial charge in [-0.2, -0.15) is 0 Å². The van der Waals surface area contributed by atoms with Crippen LogP contribution in [0.5, 0.6) is 17.2 Å². The van der Waals surface area contributed by atoms with Crippen molar-refractivity contribution >= 4 is 28.4 Å². The summed E-state index contributed by atoms with van der Waals surface area (Å²) in [6.45, 7) is 1.82. The monoisotopic (exact) mass is 412 g/mol. The first kappa shape index (κ1) is 16.6. The Bertz CT molecular complexity index is 665. The maximum Gasteiger partial charge on any atom is 0.203 e. The molecular weight excluding hydrogens is 395 g/mol. The maximum absolute atomic E-state index is 12.2. The van der Waals surface area contributed by atoms with Gasteiger partial charge in [0.1, 0.15) is 17.2 Å². The molecule has 2 N–H and O–H groups in total. The predicted molar refractivity (Wildman–Crippen MR) is 92.8 cm³/mol. The smallest absolute Gasteiger partial charge is 0.203 e. The van der Waals surface area contributed by atoms with Crippen LogP contribution >= 0.6 is 22.6 Å². The van der Waals surface area contributed by atoms with Crippen LogP contribution in [0.1, 0.15) is 29.3 Å². The molecular formula is C17H17IO4. The second-order valence-corrected chi connectivity index (χ2v) is 6.16. The average Bonchev–Trinajstić information content (AvgIpc) is 2.49. The Kier molecular flexibility index (Phi) is 5.65. The van der Waals surface area contributed by atoms with Gasteiger partial charge in [0.25, 0.3) is 0 Å². The summed E-state index contributed by atoms with van der Waals surface area (Å²) >= 11 is 2.19. The Morgan fingerprint density at radius 3 is 2.45 bits per heavy atom. The number of ketones is 1. The minimum Gasteiger partial charge on any atom is -0.508 e. The zero-order valence-electron chi connectivity index (χ0n) is 12.2. The zero-order valence-corrected chi connectivity index (χ0v) is 14.3. The molecule has 116 valence electrons. The van der Waals surface area contributed by atoms with Gasteiger partial charge in [-0.15, -0.1) is 0 Å². The van der Waals surface area contributed by atoms with E-state index in [0.29, 0.717) is 17.7 Å². The van der Waals surface area contributed by atoms with Crippen molar-refractivity contribution in [1.82, 2.24) is 0 Å². The molecule has 0 bridgehead atoms. The van der Waals surface area contributed by atoms with Gasteiger partial charge in [0, 0.05) is 9.64 Å². The number of ether oxygens (including phenoxy) is 1. The molecule has 0 amide bonds. The van der Waals surface area contributed by atoms with Gasteiger partial charge in [-0.05, 0) is 64.9 Å². The van der Waals surface area contributed by atoms with Gasteiger partial charge in [-0.1, -0.05) is 13.3 Å². The second-order valence-electron chi connectivity index (χ2n) is 4.91. The lowest BCUT2D eigenvalue weighted by atomic mass is 10.0. The molecule has 0 spiro atoms. The lowest BCUT2D eigenvalue weighted by molar-refractivity contribution is 0.0918. The normalized spacial score (nSPS) is 10.5. The Hall–Kier alpha value is -1.76. The number of aromatic hydroxyl groups is 2. The van der Waals surface area contributed by atoms with E-state index in [9.17, 15) is 15.0 Å². The van der Waals surface area contributed by atoms with Gasteiger partial charge in [0.2, 0.25) is 5.78 Å². The van der Waals surface area contributed by atoms with Crippen LogP contribution in [-0.4, -0.2) is 22.6 Å². The van der Waals surface area contributed by atoms with Crippen LogP contribution in [0, 0.1) is 3.57 Å². The molecule has 0 radical (unpaired) electrons. The standard InChI is InChI=1S/C17H17IO4/c1-2-3-11-8-14(16(20)9-15(11)19)17(21)10-22-13-6-4-12(18)5-7-13/h4-9,19-20H,2-3,10H2,1H3. The number of phenols is 2. The van der Waals surface area contributed by atoms with E-state index in [2.05, 4.69) is 22.6 Å². The molecule has 0 aromatic heterocycles. The number of phenolic OH excluding ortho intramolecular Hbond substituents is 2. The fraction of sp³-hybridized carbons (Fsp3) is 0.235. The molecule has 2 aromatic rings. The molecule has 5 heteroatoms. The summed E-state index contributed by atoms with van der Waals surface area (Å²) in [5.41, 5.74) is 0.824. The summed E-state index contributed by atoms with van der Waals surface area (Å²) in [6, 6.07) is 10.1. The van der Waals surface area contributed by atoms with Crippen LogP contribution < -0.4 is 4.74 Å². The molecule has 0 heterocycles. The molecule has 0 aliphatic rings. The Morgan fingerprint density at radius 2 is 1.82 bits per heavy atom. The first-order valence-corrected chi connectivity index (χ1v) is 8.05. The van der Waals surface area contributed by atoms with Crippen LogP contribution in [-0.2, 0) is 6.42 Å². The highest BCUT2D eigenvalue weighted by molar-refractivity contribution is 14.1. The van der Waals surface area contributed by atoms with E-state index in [-0.39, 0.29) is 29.5 Å². The molecule has 0 aliphatic carbocycles. The second kappa shape index (κ2) is 7.49. The third-order valence-corrected chi connectivity index (χ3v) is 3.92. The number of halogens is 1. The highest BCUT2D eigenvalue weighted by atomic mass is 127. The lowest BCUT2D eigenvalue weighted by Gasteiger charge is -2.10. The van der Waals surface area contributed by atoms with E-state index in [1.165, 1.54) is 12.1 Å². The van der Waals surface area contributed by atoms with E-state index >= 15 is 0 Å². The summed E-state index contributed by atoms with van der Waals surface area (Å²) in [5, 5.41) is 19.6. The molecule has 0 saturated heterocycles. The number of carbonyl (C=O) groups excluding carboxylic acids is 1. The fourth-order valence-electron chi connectivity index (χ4n) is 2.07. The minimum absolute atomic E-state index is 0.00875. The number of hydrogen-bond acceptors (Lipinski definition) is 4. The highest BCUT2D eigenvalue weighted by Crippen LogP contribution is 2.28. The summed E-state index contributed by atoms with van der Waals surface area (Å²) in [6.07, 6.45) is 1.48. The van der Waals surface area contributed by atoms with Crippen molar-refractivity contribution in [2.24, 2.45) is 0 Å². The summed E-state index contributed by atoms with van der Waals surface area (Å²) in [5.74, 6) is 0.0530. The number of aryl methyl sites for hydroxylation is 1. The van der Waals surface area contributed by atoms with Crippen molar-refractivity contribution in [2.45, 2.75) is 19.8 Å². The maximum atomic E-state index is 12.2. The summed E-state index contributed by atoms with van der Waals surface area (Å²) in [7, 11) is 0. The first-order chi connectivity index (χ1) is 10.5. The topological polar surface area (TPSA) is 66.8 Å². The number of rotatable bonds is 6. The molecule has 22 heavy (non-hydrogen) atoms. The Labute approximate surface area is 142 Å². The van der Waals surface area contributed by atoms with Crippen LogP contribution in [0.2, 0.25) is 0 Å². The Morgan fingerprint density at radius 1 is 1.14 bits per heavy atom. The number of Topliss-reactive ketones (excluding diaryl/α,β-unsaturated/α-hetero) is 1. The molecule has 0 atom stereocenters. The van der Waals surface area contributed by atoms with E-state index < -0.39 is 0 Å². The molecule has 0 saturated carbocycles. The molecule has 0 unspecified atom stereocenters. The van der Waals surface area contributed by atoms with E-state index in [0.717, 1.165) is 9.99 Å². The van der Waals surface area contributed by atoms with Crippen molar-refractivity contribution in [1.29, 1.82) is 0 Å². The summed E-state index contributed by atoms with van der Waals surface area (Å²) in [4.78, 5) is 12.2. The van der Waals surface area contributed by atoms with E-state index in [1.807, 2.05) is 19.1 Å². The third kappa shape index (κ3) is 4.13. The van der Waals surface area contributed by atoms with Gasteiger partial charge in [-0.3, -0.25) is 4.79 Å².